The molecule has 1 atom stereocenters. The first-order valence-electron chi connectivity index (χ1n) is 8.71. The van der Waals surface area contributed by atoms with Crippen LogP contribution in [-0.4, -0.2) is 26.6 Å². The van der Waals surface area contributed by atoms with Crippen LogP contribution >= 0.6 is 0 Å². The second-order valence-corrected chi connectivity index (χ2v) is 8.56. The molecule has 12 heteroatoms. The average molecular weight is 468 g/mol. The number of carbonyl (C=O) groups excluding carboxylic acids is 1. The summed E-state index contributed by atoms with van der Waals surface area (Å²) < 4.78 is 102. The van der Waals surface area contributed by atoms with E-state index in [0.29, 0.717) is 10.4 Å². The summed E-state index contributed by atoms with van der Waals surface area (Å²) in [5.74, 6) is -0.903. The molecule has 1 N–H and O–H groups in total. The van der Waals surface area contributed by atoms with Crippen LogP contribution in [0.2, 0.25) is 0 Å². The lowest BCUT2D eigenvalue weighted by molar-refractivity contribution is -0.138. The molecule has 2 aromatic carbocycles. The SMILES string of the molecule is C[C@H](C(=O)NCc1cccc(C(F)(F)F)c1)N(c1cccc(C(F)(F)F)c1)S(C)(=O)=O. The number of rotatable bonds is 6. The molecule has 0 aromatic heterocycles. The van der Waals surface area contributed by atoms with Crippen molar-refractivity contribution in [1.29, 1.82) is 0 Å². The van der Waals surface area contributed by atoms with Crippen molar-refractivity contribution in [3.8, 4) is 0 Å². The highest BCUT2D eigenvalue weighted by molar-refractivity contribution is 7.92. The van der Waals surface area contributed by atoms with Crippen LogP contribution in [0.4, 0.5) is 32.0 Å². The van der Waals surface area contributed by atoms with Gasteiger partial charge in [-0.15, -0.1) is 0 Å². The molecule has 0 saturated carbocycles. The van der Waals surface area contributed by atoms with Crippen LogP contribution in [0, 0.1) is 0 Å². The summed E-state index contributed by atoms with van der Waals surface area (Å²) in [5, 5.41) is 2.31. The molecule has 2 rings (SSSR count). The Labute approximate surface area is 174 Å². The summed E-state index contributed by atoms with van der Waals surface area (Å²) in [4.78, 5) is 12.5. The number of sulfonamides is 1. The van der Waals surface area contributed by atoms with E-state index in [1.54, 1.807) is 0 Å². The Morgan fingerprint density at radius 1 is 0.968 bits per heavy atom. The summed E-state index contributed by atoms with van der Waals surface area (Å²) in [6, 6.07) is 6.15. The number of carbonyl (C=O) groups is 1. The molecule has 1 amide bonds. The summed E-state index contributed by atoms with van der Waals surface area (Å²) >= 11 is 0. The van der Waals surface area contributed by atoms with E-state index in [-0.39, 0.29) is 17.8 Å². The fourth-order valence-corrected chi connectivity index (χ4v) is 3.99. The fraction of sp³-hybridized carbons (Fsp3) is 0.316. The highest BCUT2D eigenvalue weighted by Crippen LogP contribution is 2.33. The molecule has 0 fully saturated rings. The second kappa shape index (κ2) is 8.77. The second-order valence-electron chi connectivity index (χ2n) is 6.70. The molecule has 0 aliphatic heterocycles. The maximum Gasteiger partial charge on any atom is 0.416 e. The van der Waals surface area contributed by atoms with E-state index < -0.39 is 45.5 Å². The molecule has 2 aromatic rings. The van der Waals surface area contributed by atoms with E-state index in [1.807, 2.05) is 0 Å². The maximum atomic E-state index is 13.0. The van der Waals surface area contributed by atoms with Crippen molar-refractivity contribution in [2.75, 3.05) is 10.6 Å². The molecule has 170 valence electrons. The van der Waals surface area contributed by atoms with E-state index in [1.165, 1.54) is 6.07 Å². The first kappa shape index (κ1) is 24.5. The number of hydrogen-bond acceptors (Lipinski definition) is 3. The van der Waals surface area contributed by atoms with Gasteiger partial charge in [0.1, 0.15) is 6.04 Å². The molecule has 31 heavy (non-hydrogen) atoms. The number of anilines is 1. The summed E-state index contributed by atoms with van der Waals surface area (Å²) in [6.45, 7) is 0.816. The third kappa shape index (κ3) is 6.36. The molecule has 0 bridgehead atoms. The van der Waals surface area contributed by atoms with Gasteiger partial charge in [0.2, 0.25) is 15.9 Å². The lowest BCUT2D eigenvalue weighted by atomic mass is 10.1. The van der Waals surface area contributed by atoms with Crippen LogP contribution in [0.1, 0.15) is 23.6 Å². The van der Waals surface area contributed by atoms with Crippen LogP contribution < -0.4 is 9.62 Å². The third-order valence-corrected chi connectivity index (χ3v) is 5.48. The monoisotopic (exact) mass is 468 g/mol. The maximum absolute atomic E-state index is 13.0. The number of amides is 1. The lowest BCUT2D eigenvalue weighted by Gasteiger charge is -2.28. The number of nitrogens with zero attached hydrogens (tertiary/aromatic N) is 1. The van der Waals surface area contributed by atoms with Gasteiger partial charge in [-0.05, 0) is 42.8 Å². The highest BCUT2D eigenvalue weighted by atomic mass is 32.2. The average Bonchev–Trinajstić information content (AvgIpc) is 2.64. The van der Waals surface area contributed by atoms with Crippen LogP contribution in [-0.2, 0) is 33.7 Å². The molecule has 0 spiro atoms. The van der Waals surface area contributed by atoms with E-state index >= 15 is 0 Å². The molecule has 0 unspecified atom stereocenters. The summed E-state index contributed by atoms with van der Waals surface area (Å²) in [5.41, 5.74) is -2.29. The fourth-order valence-electron chi connectivity index (χ4n) is 2.82. The minimum Gasteiger partial charge on any atom is -0.350 e. The number of alkyl halides is 6. The van der Waals surface area contributed by atoms with Gasteiger partial charge in [0.05, 0.1) is 23.1 Å². The van der Waals surface area contributed by atoms with Gasteiger partial charge in [-0.1, -0.05) is 18.2 Å². The zero-order valence-corrected chi connectivity index (χ0v) is 17.1. The van der Waals surface area contributed by atoms with Gasteiger partial charge in [0.15, 0.2) is 0 Å². The Morgan fingerprint density at radius 2 is 1.48 bits per heavy atom. The van der Waals surface area contributed by atoms with Gasteiger partial charge < -0.3 is 5.32 Å². The molecule has 0 heterocycles. The lowest BCUT2D eigenvalue weighted by Crippen LogP contribution is -2.47. The quantitative estimate of drug-likeness (QED) is 0.647. The van der Waals surface area contributed by atoms with Crippen LogP contribution in [0.3, 0.4) is 0 Å². The predicted octanol–water partition coefficient (Wildman–Crippen LogP) is 4.20. The summed E-state index contributed by atoms with van der Waals surface area (Å²) in [7, 11) is -4.18. The number of nitrogens with one attached hydrogen (secondary N) is 1. The van der Waals surface area contributed by atoms with Gasteiger partial charge in [-0.2, -0.15) is 26.3 Å². The van der Waals surface area contributed by atoms with Crippen LogP contribution in [0.15, 0.2) is 48.5 Å². The van der Waals surface area contributed by atoms with Gasteiger partial charge in [-0.25, -0.2) is 8.42 Å². The Hall–Kier alpha value is -2.76. The van der Waals surface area contributed by atoms with Crippen molar-refractivity contribution in [1.82, 2.24) is 5.32 Å². The number of halogens is 6. The molecule has 0 saturated heterocycles. The molecule has 5 nitrogen and oxygen atoms in total. The zero-order chi connectivity index (χ0) is 23.6. The van der Waals surface area contributed by atoms with Crippen LogP contribution in [0.5, 0.6) is 0 Å². The number of benzene rings is 2. The van der Waals surface area contributed by atoms with Gasteiger partial charge >= 0.3 is 12.4 Å². The van der Waals surface area contributed by atoms with Crippen molar-refractivity contribution < 1.29 is 39.6 Å². The van der Waals surface area contributed by atoms with Crippen LogP contribution in [0.25, 0.3) is 0 Å². The van der Waals surface area contributed by atoms with E-state index in [0.717, 1.165) is 49.6 Å². The Balaban J connectivity index is 2.25. The molecule has 0 aliphatic rings. The zero-order valence-electron chi connectivity index (χ0n) is 16.3. The first-order valence-corrected chi connectivity index (χ1v) is 10.6. The Kier molecular flexibility index (Phi) is 6.94. The van der Waals surface area contributed by atoms with Crippen molar-refractivity contribution in [3.05, 3.63) is 65.2 Å². The molecule has 0 aliphatic carbocycles. The van der Waals surface area contributed by atoms with E-state index in [4.69, 9.17) is 0 Å². The third-order valence-electron chi connectivity index (χ3n) is 4.24. The summed E-state index contributed by atoms with van der Waals surface area (Å²) in [6.07, 6.45) is -8.58. The first-order chi connectivity index (χ1) is 14.1. The largest absolute Gasteiger partial charge is 0.416 e. The minimum absolute atomic E-state index is 0.111. The Bertz CT molecular complexity index is 1050. The van der Waals surface area contributed by atoms with Crippen molar-refractivity contribution in [3.63, 3.8) is 0 Å². The standard InChI is InChI=1S/C19H18F6N2O3S/c1-12(17(28)26-11-13-5-3-6-14(9-13)18(20,21)22)27(31(2,29)30)16-8-4-7-15(10-16)19(23,24)25/h3-10,12H,11H2,1-2H3,(H,26,28)/t12-/m1/s1. The molecular formula is C19H18F6N2O3S. The highest BCUT2D eigenvalue weighted by Gasteiger charge is 2.34. The minimum atomic E-state index is -4.73. The van der Waals surface area contributed by atoms with Gasteiger partial charge in [0.25, 0.3) is 0 Å². The predicted molar refractivity (Wildman–Crippen MR) is 102 cm³/mol. The van der Waals surface area contributed by atoms with Crippen molar-refractivity contribution >= 4 is 21.6 Å². The topological polar surface area (TPSA) is 66.5 Å². The van der Waals surface area contributed by atoms with E-state index in [9.17, 15) is 39.6 Å². The smallest absolute Gasteiger partial charge is 0.350 e. The number of hydrogen-bond donors (Lipinski definition) is 1. The molecular weight excluding hydrogens is 450 g/mol. The molecule has 0 radical (unpaired) electrons. The van der Waals surface area contributed by atoms with Gasteiger partial charge in [-0.3, -0.25) is 9.10 Å². The van der Waals surface area contributed by atoms with E-state index in [2.05, 4.69) is 5.32 Å². The van der Waals surface area contributed by atoms with Crippen molar-refractivity contribution in [2.45, 2.75) is 31.9 Å². The normalized spacial score (nSPS) is 13.5. The Morgan fingerprint density at radius 3 is 2.00 bits per heavy atom. The van der Waals surface area contributed by atoms with Crippen molar-refractivity contribution in [2.24, 2.45) is 0 Å². The van der Waals surface area contributed by atoms with Gasteiger partial charge in [0, 0.05) is 6.54 Å².